The summed E-state index contributed by atoms with van der Waals surface area (Å²) in [6, 6.07) is 22.8. The molecule has 0 aromatic heterocycles. The van der Waals surface area contributed by atoms with Crippen LogP contribution in [-0.2, 0) is 38.3 Å². The molecule has 1 saturated heterocycles. The molecule has 40 heavy (non-hydrogen) atoms. The van der Waals surface area contributed by atoms with E-state index in [0.717, 1.165) is 24.0 Å². The second kappa shape index (κ2) is 12.6. The Labute approximate surface area is 230 Å². The van der Waals surface area contributed by atoms with Gasteiger partial charge in [0.05, 0.1) is 17.2 Å². The number of hydrogen-bond donors (Lipinski definition) is 0. The summed E-state index contributed by atoms with van der Waals surface area (Å²) in [5, 5.41) is 0. The maximum absolute atomic E-state index is 13.7. The number of nitrogens with zero attached hydrogens (tertiary/aromatic N) is 2. The molecule has 208 valence electrons. The third-order valence-electron chi connectivity index (χ3n) is 6.68. The molecule has 0 unspecified atom stereocenters. The standard InChI is InChI=1S/C31H29F3N2O4/c1-22(37)40-21-28(25-12-6-3-7-13-25)30(39)35-19-27(16-15-23-9-4-2-5-10-23)36(29(38)20-35)18-24-11-8-14-26(17-24)31(32,33)34/h2-14,17,21,27H,15-16,18-20H2,1H3/b28-21-/t27-/m0/s1. The van der Waals surface area contributed by atoms with E-state index >= 15 is 0 Å². The summed E-state index contributed by atoms with van der Waals surface area (Å²) in [5.41, 5.74) is 1.25. The van der Waals surface area contributed by atoms with Gasteiger partial charge < -0.3 is 14.5 Å². The predicted octanol–water partition coefficient (Wildman–Crippen LogP) is 5.48. The van der Waals surface area contributed by atoms with Crippen LogP contribution in [0.2, 0.25) is 0 Å². The van der Waals surface area contributed by atoms with Crippen molar-refractivity contribution in [2.75, 3.05) is 13.1 Å². The molecule has 1 atom stereocenters. The van der Waals surface area contributed by atoms with Crippen molar-refractivity contribution in [3.63, 3.8) is 0 Å². The lowest BCUT2D eigenvalue weighted by molar-refractivity contribution is -0.147. The smallest absolute Gasteiger partial charge is 0.416 e. The number of halogens is 3. The fourth-order valence-electron chi connectivity index (χ4n) is 4.69. The normalized spacial score (nSPS) is 16.1. The van der Waals surface area contributed by atoms with Gasteiger partial charge in [-0.05, 0) is 41.7 Å². The molecule has 0 saturated carbocycles. The van der Waals surface area contributed by atoms with Crippen molar-refractivity contribution in [3.8, 4) is 0 Å². The highest BCUT2D eigenvalue weighted by molar-refractivity contribution is 6.20. The van der Waals surface area contributed by atoms with E-state index in [2.05, 4.69) is 0 Å². The lowest BCUT2D eigenvalue weighted by Gasteiger charge is -2.41. The van der Waals surface area contributed by atoms with Crippen molar-refractivity contribution in [2.24, 2.45) is 0 Å². The number of carbonyl (C=O) groups excluding carboxylic acids is 3. The van der Waals surface area contributed by atoms with E-state index in [9.17, 15) is 27.6 Å². The average molecular weight is 551 g/mol. The van der Waals surface area contributed by atoms with Gasteiger partial charge in [-0.3, -0.25) is 14.4 Å². The molecule has 0 bridgehead atoms. The monoisotopic (exact) mass is 550 g/mol. The first-order valence-corrected chi connectivity index (χ1v) is 12.8. The highest BCUT2D eigenvalue weighted by atomic mass is 19.4. The van der Waals surface area contributed by atoms with E-state index in [-0.39, 0.29) is 31.1 Å². The predicted molar refractivity (Wildman–Crippen MR) is 143 cm³/mol. The molecule has 3 aromatic carbocycles. The van der Waals surface area contributed by atoms with Crippen molar-refractivity contribution in [1.82, 2.24) is 9.80 Å². The number of carbonyl (C=O) groups is 3. The summed E-state index contributed by atoms with van der Waals surface area (Å²) >= 11 is 0. The van der Waals surface area contributed by atoms with Crippen LogP contribution < -0.4 is 0 Å². The van der Waals surface area contributed by atoms with E-state index in [0.29, 0.717) is 24.0 Å². The topological polar surface area (TPSA) is 66.9 Å². The number of hydrogen-bond acceptors (Lipinski definition) is 4. The Kier molecular flexibility index (Phi) is 9.04. The molecule has 1 aliphatic rings. The zero-order chi connectivity index (χ0) is 28.7. The molecular formula is C31H29F3N2O4. The van der Waals surface area contributed by atoms with Crippen LogP contribution in [0.3, 0.4) is 0 Å². The van der Waals surface area contributed by atoms with Gasteiger partial charge in [0.25, 0.3) is 5.91 Å². The number of aryl methyl sites for hydroxylation is 1. The lowest BCUT2D eigenvalue weighted by atomic mass is 9.99. The van der Waals surface area contributed by atoms with E-state index in [4.69, 9.17) is 4.74 Å². The molecule has 0 aliphatic carbocycles. The average Bonchev–Trinajstić information content (AvgIpc) is 2.94. The molecule has 1 fully saturated rings. The first kappa shape index (κ1) is 28.6. The van der Waals surface area contributed by atoms with Crippen LogP contribution in [-0.4, -0.2) is 46.7 Å². The van der Waals surface area contributed by atoms with Gasteiger partial charge in [0.15, 0.2) is 0 Å². The van der Waals surface area contributed by atoms with Crippen LogP contribution >= 0.6 is 0 Å². The summed E-state index contributed by atoms with van der Waals surface area (Å²) in [5.74, 6) is -1.46. The zero-order valence-electron chi connectivity index (χ0n) is 21.9. The first-order valence-electron chi connectivity index (χ1n) is 12.8. The number of benzene rings is 3. The Balaban J connectivity index is 1.61. The third kappa shape index (κ3) is 7.37. The maximum atomic E-state index is 13.7. The molecule has 4 rings (SSSR count). The molecule has 3 aromatic rings. The van der Waals surface area contributed by atoms with Crippen LogP contribution in [0.15, 0.2) is 91.2 Å². The summed E-state index contributed by atoms with van der Waals surface area (Å²) in [6.07, 6.45) is -2.31. The van der Waals surface area contributed by atoms with E-state index in [1.54, 1.807) is 41.3 Å². The summed E-state index contributed by atoms with van der Waals surface area (Å²) < 4.78 is 45.0. The number of alkyl halides is 3. The Morgan fingerprint density at radius 1 is 0.950 bits per heavy atom. The second-order valence-electron chi connectivity index (χ2n) is 9.59. The van der Waals surface area contributed by atoms with Crippen LogP contribution in [0, 0.1) is 0 Å². The zero-order valence-corrected chi connectivity index (χ0v) is 21.9. The highest BCUT2D eigenvalue weighted by Crippen LogP contribution is 2.30. The summed E-state index contributed by atoms with van der Waals surface area (Å²) in [7, 11) is 0. The van der Waals surface area contributed by atoms with Crippen LogP contribution in [0.4, 0.5) is 13.2 Å². The molecule has 6 nitrogen and oxygen atoms in total. The minimum absolute atomic E-state index is 0.0148. The summed E-state index contributed by atoms with van der Waals surface area (Å²) in [6.45, 7) is 1.11. The molecule has 9 heteroatoms. The van der Waals surface area contributed by atoms with Crippen molar-refractivity contribution < 1.29 is 32.3 Å². The van der Waals surface area contributed by atoms with Gasteiger partial charge in [-0.2, -0.15) is 13.2 Å². The van der Waals surface area contributed by atoms with Gasteiger partial charge in [0, 0.05) is 20.0 Å². The van der Waals surface area contributed by atoms with E-state index in [1.807, 2.05) is 30.3 Å². The molecule has 0 radical (unpaired) electrons. The number of piperazine rings is 1. The van der Waals surface area contributed by atoms with Crippen LogP contribution in [0.5, 0.6) is 0 Å². The van der Waals surface area contributed by atoms with Crippen molar-refractivity contribution in [2.45, 2.75) is 38.5 Å². The van der Waals surface area contributed by atoms with Gasteiger partial charge in [-0.25, -0.2) is 0 Å². The van der Waals surface area contributed by atoms with Crippen molar-refractivity contribution in [1.29, 1.82) is 0 Å². The third-order valence-corrected chi connectivity index (χ3v) is 6.68. The molecule has 1 aliphatic heterocycles. The molecule has 1 heterocycles. The Morgan fingerprint density at radius 2 is 1.60 bits per heavy atom. The van der Waals surface area contributed by atoms with E-state index in [1.165, 1.54) is 17.9 Å². The minimum atomic E-state index is -4.50. The van der Waals surface area contributed by atoms with Gasteiger partial charge in [0.1, 0.15) is 12.8 Å². The number of ether oxygens (including phenoxy) is 1. The van der Waals surface area contributed by atoms with Crippen LogP contribution in [0.25, 0.3) is 5.57 Å². The number of rotatable bonds is 8. The number of amides is 2. The van der Waals surface area contributed by atoms with Gasteiger partial charge in [-0.15, -0.1) is 0 Å². The summed E-state index contributed by atoms with van der Waals surface area (Å²) in [4.78, 5) is 41.6. The quantitative estimate of drug-likeness (QED) is 0.212. The fraction of sp³-hybridized carbons (Fsp3) is 0.258. The fourth-order valence-corrected chi connectivity index (χ4v) is 4.69. The molecular weight excluding hydrogens is 521 g/mol. The molecule has 2 amide bonds. The molecule has 0 N–H and O–H groups in total. The Bertz CT molecular complexity index is 1370. The Hall–Kier alpha value is -4.40. The van der Waals surface area contributed by atoms with Crippen molar-refractivity contribution >= 4 is 23.4 Å². The van der Waals surface area contributed by atoms with Gasteiger partial charge in [0.2, 0.25) is 5.91 Å². The van der Waals surface area contributed by atoms with Crippen molar-refractivity contribution in [3.05, 3.63) is 113 Å². The highest BCUT2D eigenvalue weighted by Gasteiger charge is 2.36. The van der Waals surface area contributed by atoms with Gasteiger partial charge >= 0.3 is 12.1 Å². The van der Waals surface area contributed by atoms with Crippen LogP contribution in [0.1, 0.15) is 35.6 Å². The molecule has 0 spiro atoms. The lowest BCUT2D eigenvalue weighted by Crippen LogP contribution is -2.57. The SMILES string of the molecule is CC(=O)O/C=C(\C(=O)N1CC(=O)N(Cc2cccc(C(F)(F)F)c2)[C@@H](CCc2ccccc2)C1)c1ccccc1. The number of esters is 1. The Morgan fingerprint density at radius 3 is 2.25 bits per heavy atom. The van der Waals surface area contributed by atoms with Gasteiger partial charge in [-0.1, -0.05) is 72.8 Å². The first-order chi connectivity index (χ1) is 19.1. The largest absolute Gasteiger partial charge is 0.434 e. The maximum Gasteiger partial charge on any atom is 0.416 e. The minimum Gasteiger partial charge on any atom is -0.434 e. The van der Waals surface area contributed by atoms with E-state index < -0.39 is 29.7 Å². The second-order valence-corrected chi connectivity index (χ2v) is 9.59.